The first-order valence-corrected chi connectivity index (χ1v) is 9.56. The lowest BCUT2D eigenvalue weighted by atomic mass is 10.0. The number of rotatable bonds is 5. The zero-order valence-electron chi connectivity index (χ0n) is 14.4. The minimum Gasteiger partial charge on any atom is -0.319 e. The Balaban J connectivity index is 1.73. The van der Waals surface area contributed by atoms with E-state index in [9.17, 15) is 14.4 Å². The standard InChI is InChI=1S/C16H18BrN5O3S/c1-9(2)22-12(6-7-18-22)19-13(23)8-21-14(24)16(3,20-15(21)25)10-4-5-11(17)26-10/h4-7,9H,8H2,1-3H3,(H,19,23)(H,20,25). The summed E-state index contributed by atoms with van der Waals surface area (Å²) in [5.74, 6) is -0.404. The van der Waals surface area contributed by atoms with Gasteiger partial charge in [0.2, 0.25) is 5.91 Å². The van der Waals surface area contributed by atoms with Crippen molar-refractivity contribution in [3.63, 3.8) is 0 Å². The predicted molar refractivity (Wildman–Crippen MR) is 101 cm³/mol. The molecule has 1 atom stereocenters. The highest BCUT2D eigenvalue weighted by molar-refractivity contribution is 9.11. The van der Waals surface area contributed by atoms with Crippen molar-refractivity contribution in [2.24, 2.45) is 0 Å². The number of aromatic nitrogens is 2. The van der Waals surface area contributed by atoms with E-state index in [1.54, 1.807) is 29.9 Å². The van der Waals surface area contributed by atoms with Gasteiger partial charge in [-0.1, -0.05) is 0 Å². The fourth-order valence-electron chi connectivity index (χ4n) is 2.74. The first-order chi connectivity index (χ1) is 12.2. The smallest absolute Gasteiger partial charge is 0.319 e. The summed E-state index contributed by atoms with van der Waals surface area (Å²) in [6, 6.07) is 4.73. The third-order valence-corrected chi connectivity index (χ3v) is 5.91. The molecule has 2 N–H and O–H groups in total. The maximum Gasteiger partial charge on any atom is 0.325 e. The Hall–Kier alpha value is -2.20. The zero-order valence-corrected chi connectivity index (χ0v) is 16.8. The number of anilines is 1. The highest BCUT2D eigenvalue weighted by Crippen LogP contribution is 2.35. The maximum absolute atomic E-state index is 12.8. The molecule has 138 valence electrons. The molecule has 1 fully saturated rings. The van der Waals surface area contributed by atoms with Crippen LogP contribution in [0.25, 0.3) is 0 Å². The maximum atomic E-state index is 12.8. The van der Waals surface area contributed by atoms with E-state index in [2.05, 4.69) is 31.7 Å². The quantitative estimate of drug-likeness (QED) is 0.699. The van der Waals surface area contributed by atoms with Crippen molar-refractivity contribution in [2.75, 3.05) is 11.9 Å². The molecule has 8 nitrogen and oxygen atoms in total. The van der Waals surface area contributed by atoms with E-state index < -0.39 is 23.4 Å². The summed E-state index contributed by atoms with van der Waals surface area (Å²) in [5.41, 5.74) is -1.17. The number of thiophene rings is 1. The fraction of sp³-hybridized carbons (Fsp3) is 0.375. The van der Waals surface area contributed by atoms with Gasteiger partial charge in [0.1, 0.15) is 12.4 Å². The average molecular weight is 440 g/mol. The number of hydrogen-bond acceptors (Lipinski definition) is 5. The molecule has 2 aromatic heterocycles. The first kappa shape index (κ1) is 18.6. The van der Waals surface area contributed by atoms with Gasteiger partial charge in [0.05, 0.1) is 9.98 Å². The molecular formula is C16H18BrN5O3S. The van der Waals surface area contributed by atoms with Crippen LogP contribution in [-0.4, -0.2) is 39.1 Å². The molecule has 4 amide bonds. The summed E-state index contributed by atoms with van der Waals surface area (Å²) >= 11 is 4.72. The second-order valence-corrected chi connectivity index (χ2v) is 8.82. The molecule has 0 aliphatic carbocycles. The summed E-state index contributed by atoms with van der Waals surface area (Å²) in [7, 11) is 0. The highest BCUT2D eigenvalue weighted by Gasteiger charge is 2.50. The zero-order chi connectivity index (χ0) is 19.1. The molecule has 1 unspecified atom stereocenters. The van der Waals surface area contributed by atoms with Crippen LogP contribution in [0.5, 0.6) is 0 Å². The number of halogens is 1. The van der Waals surface area contributed by atoms with Crippen LogP contribution in [0.15, 0.2) is 28.2 Å². The average Bonchev–Trinajstić information content (AvgIpc) is 3.24. The van der Waals surface area contributed by atoms with Gasteiger partial charge in [-0.3, -0.25) is 14.5 Å². The van der Waals surface area contributed by atoms with Gasteiger partial charge in [-0.25, -0.2) is 9.48 Å². The molecule has 0 radical (unpaired) electrons. The van der Waals surface area contributed by atoms with Gasteiger partial charge in [-0.15, -0.1) is 11.3 Å². The van der Waals surface area contributed by atoms with E-state index in [4.69, 9.17) is 0 Å². The van der Waals surface area contributed by atoms with Gasteiger partial charge in [0.15, 0.2) is 5.54 Å². The van der Waals surface area contributed by atoms with Gasteiger partial charge in [0, 0.05) is 17.0 Å². The second-order valence-electron chi connectivity index (χ2n) is 6.35. The normalized spacial score (nSPS) is 20.0. The Bertz CT molecular complexity index is 877. The molecule has 0 saturated carbocycles. The Morgan fingerprint density at radius 2 is 2.12 bits per heavy atom. The van der Waals surface area contributed by atoms with E-state index in [0.29, 0.717) is 10.7 Å². The van der Waals surface area contributed by atoms with Crippen molar-refractivity contribution in [3.8, 4) is 0 Å². The van der Waals surface area contributed by atoms with Crippen molar-refractivity contribution in [2.45, 2.75) is 32.4 Å². The van der Waals surface area contributed by atoms with Crippen LogP contribution in [0.3, 0.4) is 0 Å². The predicted octanol–water partition coefficient (Wildman–Crippen LogP) is 2.69. The van der Waals surface area contributed by atoms with Crippen LogP contribution in [0.4, 0.5) is 10.6 Å². The summed E-state index contributed by atoms with van der Waals surface area (Å²) < 4.78 is 2.51. The Labute approximate surface area is 162 Å². The number of carbonyl (C=O) groups is 3. The van der Waals surface area contributed by atoms with Crippen LogP contribution in [0, 0.1) is 0 Å². The largest absolute Gasteiger partial charge is 0.325 e. The van der Waals surface area contributed by atoms with Gasteiger partial charge >= 0.3 is 6.03 Å². The Morgan fingerprint density at radius 3 is 2.73 bits per heavy atom. The van der Waals surface area contributed by atoms with Gasteiger partial charge in [-0.05, 0) is 48.8 Å². The second kappa shape index (κ2) is 6.84. The molecule has 0 bridgehead atoms. The van der Waals surface area contributed by atoms with Crippen LogP contribution in [-0.2, 0) is 15.1 Å². The van der Waals surface area contributed by atoms with Crippen molar-refractivity contribution >= 4 is 50.9 Å². The fourth-order valence-corrected chi connectivity index (χ4v) is 4.22. The van der Waals surface area contributed by atoms with E-state index in [1.165, 1.54) is 11.3 Å². The molecule has 3 rings (SSSR count). The molecule has 3 heterocycles. The van der Waals surface area contributed by atoms with Crippen molar-refractivity contribution in [1.29, 1.82) is 0 Å². The number of carbonyl (C=O) groups excluding carboxylic acids is 3. The molecular weight excluding hydrogens is 422 g/mol. The molecule has 1 aliphatic heterocycles. The van der Waals surface area contributed by atoms with Crippen LogP contribution < -0.4 is 10.6 Å². The minimum atomic E-state index is -1.17. The lowest BCUT2D eigenvalue weighted by Gasteiger charge is -2.20. The topological polar surface area (TPSA) is 96.3 Å². The van der Waals surface area contributed by atoms with Crippen molar-refractivity contribution < 1.29 is 14.4 Å². The van der Waals surface area contributed by atoms with Gasteiger partial charge in [0.25, 0.3) is 5.91 Å². The van der Waals surface area contributed by atoms with Crippen LogP contribution >= 0.6 is 27.3 Å². The third-order valence-electron chi connectivity index (χ3n) is 4.07. The Kier molecular flexibility index (Phi) is 4.89. The van der Waals surface area contributed by atoms with E-state index >= 15 is 0 Å². The molecule has 0 aromatic carbocycles. The number of urea groups is 1. The monoisotopic (exact) mass is 439 g/mol. The molecule has 2 aromatic rings. The van der Waals surface area contributed by atoms with Crippen molar-refractivity contribution in [3.05, 3.63) is 33.1 Å². The SMILES string of the molecule is CC(C)n1nccc1NC(=O)CN1C(=O)NC(C)(c2ccc(Br)s2)C1=O. The van der Waals surface area contributed by atoms with Crippen molar-refractivity contribution in [1.82, 2.24) is 20.0 Å². The Morgan fingerprint density at radius 1 is 1.38 bits per heavy atom. The summed E-state index contributed by atoms with van der Waals surface area (Å²) in [6.45, 7) is 5.14. The summed E-state index contributed by atoms with van der Waals surface area (Å²) in [4.78, 5) is 39.1. The number of nitrogens with zero attached hydrogens (tertiary/aromatic N) is 3. The molecule has 1 saturated heterocycles. The number of imide groups is 1. The van der Waals surface area contributed by atoms with E-state index in [0.717, 1.165) is 8.69 Å². The molecule has 10 heteroatoms. The summed E-state index contributed by atoms with van der Waals surface area (Å²) in [5, 5.41) is 9.51. The van der Waals surface area contributed by atoms with Gasteiger partial charge in [-0.2, -0.15) is 5.10 Å². The van der Waals surface area contributed by atoms with E-state index in [-0.39, 0.29) is 12.6 Å². The number of nitrogens with one attached hydrogen (secondary N) is 2. The lowest BCUT2D eigenvalue weighted by Crippen LogP contribution is -2.41. The minimum absolute atomic E-state index is 0.0672. The highest BCUT2D eigenvalue weighted by atomic mass is 79.9. The van der Waals surface area contributed by atoms with E-state index in [1.807, 2.05) is 19.9 Å². The number of amides is 4. The molecule has 26 heavy (non-hydrogen) atoms. The molecule has 1 aliphatic rings. The third kappa shape index (κ3) is 3.26. The van der Waals surface area contributed by atoms with Crippen LogP contribution in [0.1, 0.15) is 31.7 Å². The number of hydrogen-bond donors (Lipinski definition) is 2. The first-order valence-electron chi connectivity index (χ1n) is 7.95. The molecule has 0 spiro atoms. The summed E-state index contributed by atoms with van der Waals surface area (Å²) in [6.07, 6.45) is 1.58. The lowest BCUT2D eigenvalue weighted by molar-refractivity contribution is -0.133. The van der Waals surface area contributed by atoms with Crippen LogP contribution in [0.2, 0.25) is 0 Å². The van der Waals surface area contributed by atoms with Gasteiger partial charge < -0.3 is 10.6 Å².